The van der Waals surface area contributed by atoms with Crippen LogP contribution in [0.15, 0.2) is 47.9 Å². The Balaban J connectivity index is 2.01. The lowest BCUT2D eigenvalue weighted by molar-refractivity contribution is 0.324. The van der Waals surface area contributed by atoms with Crippen LogP contribution in [0.4, 0.5) is 0 Å². The lowest BCUT2D eigenvalue weighted by atomic mass is 9.79. The standard InChI is InChI=1S/C14H18N2/c1-2-9-16-10-15-12-7-3-5-11-6-4-8-13(16)14(11)12/h2-3,7-8,11,15H,1,4-6,9-10H2. The van der Waals surface area contributed by atoms with Gasteiger partial charge in [0.1, 0.15) is 0 Å². The fraction of sp³-hybridized carbons (Fsp3) is 0.429. The van der Waals surface area contributed by atoms with Crippen LogP contribution in [0.25, 0.3) is 0 Å². The first kappa shape index (κ1) is 9.76. The molecule has 0 aromatic heterocycles. The van der Waals surface area contributed by atoms with Gasteiger partial charge in [-0.1, -0.05) is 18.2 Å². The molecular formula is C14H18N2. The summed E-state index contributed by atoms with van der Waals surface area (Å²) in [5, 5.41) is 3.51. The Labute approximate surface area is 97.0 Å². The van der Waals surface area contributed by atoms with Crippen molar-refractivity contribution < 1.29 is 0 Å². The zero-order chi connectivity index (χ0) is 11.0. The van der Waals surface area contributed by atoms with Gasteiger partial charge in [-0.05, 0) is 31.3 Å². The molecule has 3 rings (SSSR count). The third kappa shape index (κ3) is 1.41. The molecule has 2 aliphatic carbocycles. The first-order chi connectivity index (χ1) is 7.90. The smallest absolute Gasteiger partial charge is 0.0879 e. The predicted octanol–water partition coefficient (Wildman–Crippen LogP) is 2.54. The zero-order valence-corrected chi connectivity index (χ0v) is 9.58. The maximum atomic E-state index is 3.84. The molecule has 84 valence electrons. The highest BCUT2D eigenvalue weighted by molar-refractivity contribution is 5.46. The van der Waals surface area contributed by atoms with Gasteiger partial charge in [-0.15, -0.1) is 6.58 Å². The van der Waals surface area contributed by atoms with Gasteiger partial charge in [0.2, 0.25) is 0 Å². The molecule has 0 spiro atoms. The third-order valence-electron chi connectivity index (χ3n) is 3.68. The van der Waals surface area contributed by atoms with E-state index in [1.165, 1.54) is 30.7 Å². The summed E-state index contributed by atoms with van der Waals surface area (Å²) < 4.78 is 0. The van der Waals surface area contributed by atoms with Crippen LogP contribution >= 0.6 is 0 Å². The summed E-state index contributed by atoms with van der Waals surface area (Å²) in [4.78, 5) is 2.39. The van der Waals surface area contributed by atoms with Gasteiger partial charge < -0.3 is 10.2 Å². The van der Waals surface area contributed by atoms with Crippen molar-refractivity contribution in [2.75, 3.05) is 13.2 Å². The number of rotatable bonds is 2. The van der Waals surface area contributed by atoms with Gasteiger partial charge in [0.15, 0.2) is 0 Å². The van der Waals surface area contributed by atoms with E-state index in [2.05, 4.69) is 35.0 Å². The lowest BCUT2D eigenvalue weighted by Gasteiger charge is -2.41. The van der Waals surface area contributed by atoms with Crippen LogP contribution in [0, 0.1) is 5.92 Å². The maximum absolute atomic E-state index is 3.84. The molecule has 2 heteroatoms. The highest BCUT2D eigenvalue weighted by Gasteiger charge is 2.31. The fourth-order valence-electron chi connectivity index (χ4n) is 2.96. The molecule has 1 aliphatic heterocycles. The SMILES string of the molecule is C=CCN1CNC2=C3C1=CCCC3CC=C2. The normalized spacial score (nSPS) is 27.1. The second kappa shape index (κ2) is 3.85. The van der Waals surface area contributed by atoms with Crippen molar-refractivity contribution >= 4 is 0 Å². The average Bonchev–Trinajstić information content (AvgIpc) is 2.33. The van der Waals surface area contributed by atoms with Gasteiger partial charge in [-0.2, -0.15) is 0 Å². The van der Waals surface area contributed by atoms with Crippen LogP contribution in [0.2, 0.25) is 0 Å². The molecule has 0 bridgehead atoms. The second-order valence-electron chi connectivity index (χ2n) is 4.68. The Hall–Kier alpha value is -1.44. The van der Waals surface area contributed by atoms with E-state index < -0.39 is 0 Å². The Bertz CT molecular complexity index is 401. The highest BCUT2D eigenvalue weighted by Crippen LogP contribution is 2.40. The third-order valence-corrected chi connectivity index (χ3v) is 3.68. The van der Waals surface area contributed by atoms with E-state index in [0.29, 0.717) is 0 Å². The topological polar surface area (TPSA) is 15.3 Å². The molecule has 1 heterocycles. The minimum atomic E-state index is 0.736. The van der Waals surface area contributed by atoms with Crippen molar-refractivity contribution in [3.63, 3.8) is 0 Å². The van der Waals surface area contributed by atoms with E-state index in [0.717, 1.165) is 19.1 Å². The molecule has 0 fully saturated rings. The van der Waals surface area contributed by atoms with E-state index in [1.54, 1.807) is 5.57 Å². The summed E-state index contributed by atoms with van der Waals surface area (Å²) in [7, 11) is 0. The van der Waals surface area contributed by atoms with Crippen molar-refractivity contribution in [2.24, 2.45) is 5.92 Å². The van der Waals surface area contributed by atoms with Gasteiger partial charge in [-0.25, -0.2) is 0 Å². The predicted molar refractivity (Wildman–Crippen MR) is 66.5 cm³/mol. The molecule has 0 radical (unpaired) electrons. The van der Waals surface area contributed by atoms with Crippen molar-refractivity contribution in [1.29, 1.82) is 0 Å². The molecule has 1 N–H and O–H groups in total. The van der Waals surface area contributed by atoms with E-state index in [-0.39, 0.29) is 0 Å². The lowest BCUT2D eigenvalue weighted by Crippen LogP contribution is -2.42. The van der Waals surface area contributed by atoms with Crippen molar-refractivity contribution in [3.8, 4) is 0 Å². The number of allylic oxidation sites excluding steroid dienone is 4. The van der Waals surface area contributed by atoms with Crippen LogP contribution in [0.1, 0.15) is 19.3 Å². The summed E-state index contributed by atoms with van der Waals surface area (Å²) in [5.41, 5.74) is 4.35. The molecule has 2 nitrogen and oxygen atoms in total. The number of hydrogen-bond donors (Lipinski definition) is 1. The summed E-state index contributed by atoms with van der Waals surface area (Å²) in [6.07, 6.45) is 12.7. The fourth-order valence-corrected chi connectivity index (χ4v) is 2.96. The first-order valence-electron chi connectivity index (χ1n) is 6.11. The summed E-state index contributed by atoms with van der Waals surface area (Å²) >= 11 is 0. The monoisotopic (exact) mass is 214 g/mol. The number of nitrogens with one attached hydrogen (secondary N) is 1. The van der Waals surface area contributed by atoms with Gasteiger partial charge in [0, 0.05) is 23.5 Å². The second-order valence-corrected chi connectivity index (χ2v) is 4.68. The minimum absolute atomic E-state index is 0.736. The van der Waals surface area contributed by atoms with E-state index in [4.69, 9.17) is 0 Å². The van der Waals surface area contributed by atoms with E-state index >= 15 is 0 Å². The van der Waals surface area contributed by atoms with Gasteiger partial charge in [-0.3, -0.25) is 0 Å². The Kier molecular flexibility index (Phi) is 2.35. The Morgan fingerprint density at radius 3 is 3.38 bits per heavy atom. The molecule has 0 aromatic carbocycles. The molecule has 16 heavy (non-hydrogen) atoms. The summed E-state index contributed by atoms with van der Waals surface area (Å²) in [6, 6.07) is 0. The maximum Gasteiger partial charge on any atom is 0.0879 e. The molecule has 0 amide bonds. The first-order valence-corrected chi connectivity index (χ1v) is 6.11. The van der Waals surface area contributed by atoms with Crippen LogP contribution in [0.3, 0.4) is 0 Å². The molecule has 0 saturated heterocycles. The minimum Gasteiger partial charge on any atom is -0.367 e. The Morgan fingerprint density at radius 2 is 2.50 bits per heavy atom. The van der Waals surface area contributed by atoms with Crippen molar-refractivity contribution in [1.82, 2.24) is 10.2 Å². The van der Waals surface area contributed by atoms with Crippen LogP contribution in [-0.4, -0.2) is 18.1 Å². The van der Waals surface area contributed by atoms with Crippen LogP contribution in [-0.2, 0) is 0 Å². The number of nitrogens with zero attached hydrogens (tertiary/aromatic N) is 1. The quantitative estimate of drug-likeness (QED) is 0.711. The highest BCUT2D eigenvalue weighted by atomic mass is 15.2. The van der Waals surface area contributed by atoms with Gasteiger partial charge >= 0.3 is 0 Å². The van der Waals surface area contributed by atoms with Gasteiger partial charge in [0.05, 0.1) is 6.67 Å². The van der Waals surface area contributed by atoms with Crippen molar-refractivity contribution in [3.05, 3.63) is 47.9 Å². The van der Waals surface area contributed by atoms with E-state index in [1.807, 2.05) is 6.08 Å². The zero-order valence-electron chi connectivity index (χ0n) is 9.58. The summed E-state index contributed by atoms with van der Waals surface area (Å²) in [5.74, 6) is 0.736. The van der Waals surface area contributed by atoms with Crippen LogP contribution < -0.4 is 5.32 Å². The van der Waals surface area contributed by atoms with Gasteiger partial charge in [0.25, 0.3) is 0 Å². The molecule has 1 atom stereocenters. The molecule has 3 aliphatic rings. The van der Waals surface area contributed by atoms with Crippen LogP contribution in [0.5, 0.6) is 0 Å². The Morgan fingerprint density at radius 1 is 1.56 bits per heavy atom. The van der Waals surface area contributed by atoms with E-state index in [9.17, 15) is 0 Å². The van der Waals surface area contributed by atoms with Crippen molar-refractivity contribution in [2.45, 2.75) is 19.3 Å². The largest absolute Gasteiger partial charge is 0.367 e. The average molecular weight is 214 g/mol. The summed E-state index contributed by atoms with van der Waals surface area (Å²) in [6.45, 7) is 5.68. The molecule has 0 aromatic rings. The molecular weight excluding hydrogens is 196 g/mol. The molecule has 0 saturated carbocycles. The number of hydrogen-bond acceptors (Lipinski definition) is 2. The molecule has 1 unspecified atom stereocenters.